The van der Waals surface area contributed by atoms with Gasteiger partial charge >= 0.3 is 0 Å². The van der Waals surface area contributed by atoms with Gasteiger partial charge in [-0.3, -0.25) is 14.7 Å². The van der Waals surface area contributed by atoms with E-state index in [4.69, 9.17) is 0 Å². The van der Waals surface area contributed by atoms with E-state index in [2.05, 4.69) is 31.7 Å². The number of amides is 1. The standard InChI is InChI=1S/C18H22N4OS/c23-17(16-11-19-5-6-20-16)22-8-3-18(4-9-22)2-7-21(14-18)12-15-1-10-24-13-15/h1,5-6,10-11,13H,2-4,7-9,12,14H2. The molecule has 0 aromatic carbocycles. The summed E-state index contributed by atoms with van der Waals surface area (Å²) in [4.78, 5) is 25.1. The third kappa shape index (κ3) is 3.21. The molecule has 2 saturated heterocycles. The number of hydrogen-bond donors (Lipinski definition) is 0. The second kappa shape index (κ2) is 6.61. The van der Waals surface area contributed by atoms with Gasteiger partial charge in [0.15, 0.2) is 0 Å². The lowest BCUT2D eigenvalue weighted by Gasteiger charge is -2.39. The van der Waals surface area contributed by atoms with Gasteiger partial charge < -0.3 is 4.90 Å². The first-order valence-electron chi connectivity index (χ1n) is 8.53. The Morgan fingerprint density at radius 3 is 2.75 bits per heavy atom. The minimum absolute atomic E-state index is 0.0195. The molecular formula is C18H22N4OS. The number of nitrogens with zero attached hydrogens (tertiary/aromatic N) is 4. The number of carbonyl (C=O) groups is 1. The molecule has 126 valence electrons. The van der Waals surface area contributed by atoms with Crippen molar-refractivity contribution in [2.24, 2.45) is 5.41 Å². The van der Waals surface area contributed by atoms with Crippen LogP contribution in [-0.4, -0.2) is 51.9 Å². The number of thiophene rings is 1. The van der Waals surface area contributed by atoms with E-state index in [1.165, 1.54) is 18.5 Å². The zero-order chi connectivity index (χ0) is 16.4. The molecule has 0 unspecified atom stereocenters. The van der Waals surface area contributed by atoms with Crippen LogP contribution in [0.1, 0.15) is 35.3 Å². The van der Waals surface area contributed by atoms with Crippen molar-refractivity contribution >= 4 is 17.2 Å². The maximum Gasteiger partial charge on any atom is 0.274 e. The molecule has 4 heterocycles. The zero-order valence-corrected chi connectivity index (χ0v) is 14.5. The van der Waals surface area contributed by atoms with Crippen LogP contribution in [-0.2, 0) is 6.54 Å². The molecule has 0 bridgehead atoms. The zero-order valence-electron chi connectivity index (χ0n) is 13.7. The van der Waals surface area contributed by atoms with Crippen LogP contribution in [0.5, 0.6) is 0 Å². The summed E-state index contributed by atoms with van der Waals surface area (Å²) in [5.74, 6) is 0.0195. The lowest BCUT2D eigenvalue weighted by molar-refractivity contribution is 0.0582. The molecule has 1 amide bonds. The normalized spacial score (nSPS) is 20.6. The topological polar surface area (TPSA) is 49.3 Å². The molecular weight excluding hydrogens is 320 g/mol. The van der Waals surface area contributed by atoms with E-state index in [-0.39, 0.29) is 5.91 Å². The van der Waals surface area contributed by atoms with Gasteiger partial charge in [-0.1, -0.05) is 0 Å². The van der Waals surface area contributed by atoms with Crippen LogP contribution in [0.15, 0.2) is 35.4 Å². The van der Waals surface area contributed by atoms with Gasteiger partial charge in [0, 0.05) is 38.6 Å². The molecule has 0 saturated carbocycles. The summed E-state index contributed by atoms with van der Waals surface area (Å²) in [6, 6.07) is 2.22. The van der Waals surface area contributed by atoms with Crippen LogP contribution in [0.2, 0.25) is 0 Å². The molecule has 0 radical (unpaired) electrons. The summed E-state index contributed by atoms with van der Waals surface area (Å²) in [5.41, 5.74) is 2.28. The van der Waals surface area contributed by atoms with Gasteiger partial charge in [0.25, 0.3) is 5.91 Å². The van der Waals surface area contributed by atoms with E-state index in [1.54, 1.807) is 29.9 Å². The Morgan fingerprint density at radius 1 is 1.21 bits per heavy atom. The summed E-state index contributed by atoms with van der Waals surface area (Å²) in [7, 11) is 0. The second-order valence-electron chi connectivity index (χ2n) is 6.98. The molecule has 2 aromatic heterocycles. The van der Waals surface area contributed by atoms with Crippen LogP contribution in [0.4, 0.5) is 0 Å². The molecule has 1 spiro atoms. The lowest BCUT2D eigenvalue weighted by Crippen LogP contribution is -2.44. The Bertz CT molecular complexity index is 680. The highest BCUT2D eigenvalue weighted by atomic mass is 32.1. The Balaban J connectivity index is 1.34. The van der Waals surface area contributed by atoms with E-state index in [1.807, 2.05) is 4.90 Å². The van der Waals surface area contributed by atoms with Crippen molar-refractivity contribution in [2.75, 3.05) is 26.2 Å². The molecule has 5 nitrogen and oxygen atoms in total. The predicted octanol–water partition coefficient (Wildman–Crippen LogP) is 2.67. The summed E-state index contributed by atoms with van der Waals surface area (Å²) < 4.78 is 0. The van der Waals surface area contributed by atoms with Crippen LogP contribution in [0.25, 0.3) is 0 Å². The average Bonchev–Trinajstić information content (AvgIpc) is 3.27. The minimum Gasteiger partial charge on any atom is -0.337 e. The maximum absolute atomic E-state index is 12.5. The Hall–Kier alpha value is -1.79. The average molecular weight is 342 g/mol. The fourth-order valence-corrected chi connectivity index (χ4v) is 4.63. The first-order chi connectivity index (χ1) is 11.7. The molecule has 4 rings (SSSR count). The highest BCUT2D eigenvalue weighted by Crippen LogP contribution is 2.41. The molecule has 0 atom stereocenters. The number of likely N-dealkylation sites (tertiary alicyclic amines) is 2. The van der Waals surface area contributed by atoms with Gasteiger partial charge in [-0.2, -0.15) is 11.3 Å². The summed E-state index contributed by atoms with van der Waals surface area (Å²) in [6.07, 6.45) is 8.19. The summed E-state index contributed by atoms with van der Waals surface area (Å²) in [6.45, 7) is 5.07. The molecule has 2 aromatic rings. The van der Waals surface area contributed by atoms with Gasteiger partial charge in [0.05, 0.1) is 6.20 Å². The highest BCUT2D eigenvalue weighted by Gasteiger charge is 2.41. The quantitative estimate of drug-likeness (QED) is 0.860. The van der Waals surface area contributed by atoms with E-state index < -0.39 is 0 Å². The maximum atomic E-state index is 12.5. The van der Waals surface area contributed by atoms with E-state index in [9.17, 15) is 4.79 Å². The number of rotatable bonds is 3. The van der Waals surface area contributed by atoms with Crippen molar-refractivity contribution in [3.8, 4) is 0 Å². The molecule has 6 heteroatoms. The van der Waals surface area contributed by atoms with Crippen molar-refractivity contribution < 1.29 is 4.79 Å². The molecule has 2 aliphatic rings. The molecule has 2 fully saturated rings. The molecule has 0 N–H and O–H groups in total. The van der Waals surface area contributed by atoms with Gasteiger partial charge in [-0.05, 0) is 53.6 Å². The number of aromatic nitrogens is 2. The van der Waals surface area contributed by atoms with Crippen molar-refractivity contribution in [3.05, 3.63) is 46.7 Å². The van der Waals surface area contributed by atoms with Crippen LogP contribution in [0.3, 0.4) is 0 Å². The van der Waals surface area contributed by atoms with Crippen molar-refractivity contribution in [2.45, 2.75) is 25.8 Å². The molecule has 2 aliphatic heterocycles. The fraction of sp³-hybridized carbons (Fsp3) is 0.500. The second-order valence-corrected chi connectivity index (χ2v) is 7.76. The minimum atomic E-state index is 0.0195. The van der Waals surface area contributed by atoms with Crippen LogP contribution < -0.4 is 0 Å². The Morgan fingerprint density at radius 2 is 2.04 bits per heavy atom. The van der Waals surface area contributed by atoms with Gasteiger partial charge in [0.2, 0.25) is 0 Å². The van der Waals surface area contributed by atoms with Gasteiger partial charge in [0.1, 0.15) is 5.69 Å². The van der Waals surface area contributed by atoms with Gasteiger partial charge in [-0.15, -0.1) is 0 Å². The van der Waals surface area contributed by atoms with Crippen molar-refractivity contribution in [3.63, 3.8) is 0 Å². The Labute approximate surface area is 146 Å². The van der Waals surface area contributed by atoms with Crippen LogP contribution >= 0.6 is 11.3 Å². The molecule has 24 heavy (non-hydrogen) atoms. The first kappa shape index (κ1) is 15.7. The fourth-order valence-electron chi connectivity index (χ4n) is 3.97. The largest absolute Gasteiger partial charge is 0.337 e. The SMILES string of the molecule is O=C(c1cnccn1)N1CCC2(CCN(Cc3ccsc3)C2)CC1. The third-order valence-electron chi connectivity index (χ3n) is 5.40. The number of hydrogen-bond acceptors (Lipinski definition) is 5. The predicted molar refractivity (Wildman–Crippen MR) is 93.8 cm³/mol. The number of carbonyl (C=O) groups excluding carboxylic acids is 1. The van der Waals surface area contributed by atoms with Crippen molar-refractivity contribution in [1.82, 2.24) is 19.8 Å². The number of piperidine rings is 1. The monoisotopic (exact) mass is 342 g/mol. The first-order valence-corrected chi connectivity index (χ1v) is 9.47. The lowest BCUT2D eigenvalue weighted by atomic mass is 9.77. The van der Waals surface area contributed by atoms with Crippen LogP contribution in [0, 0.1) is 5.41 Å². The molecule has 0 aliphatic carbocycles. The smallest absolute Gasteiger partial charge is 0.274 e. The highest BCUT2D eigenvalue weighted by molar-refractivity contribution is 7.07. The van der Waals surface area contributed by atoms with E-state index in [0.717, 1.165) is 39.0 Å². The van der Waals surface area contributed by atoms with E-state index in [0.29, 0.717) is 11.1 Å². The third-order valence-corrected chi connectivity index (χ3v) is 6.13. The van der Waals surface area contributed by atoms with Gasteiger partial charge in [-0.25, -0.2) is 4.98 Å². The Kier molecular flexibility index (Phi) is 4.33. The summed E-state index contributed by atoms with van der Waals surface area (Å²) >= 11 is 1.77. The van der Waals surface area contributed by atoms with Crippen molar-refractivity contribution in [1.29, 1.82) is 0 Å². The van der Waals surface area contributed by atoms with E-state index >= 15 is 0 Å². The summed E-state index contributed by atoms with van der Waals surface area (Å²) in [5, 5.41) is 4.39.